The Morgan fingerprint density at radius 2 is 2.28 bits per heavy atom. The summed E-state index contributed by atoms with van der Waals surface area (Å²) in [4.78, 5) is 2.28. The number of nitrogen functional groups attached to an aromatic ring is 1. The molecular formula is C14H19N3O. The van der Waals surface area contributed by atoms with Crippen LogP contribution in [0.3, 0.4) is 0 Å². The molecule has 0 aromatic heterocycles. The summed E-state index contributed by atoms with van der Waals surface area (Å²) in [6.45, 7) is 3.33. The summed E-state index contributed by atoms with van der Waals surface area (Å²) in [5.41, 5.74) is 7.64. The van der Waals surface area contributed by atoms with Gasteiger partial charge in [0.05, 0.1) is 24.8 Å². The van der Waals surface area contributed by atoms with Gasteiger partial charge >= 0.3 is 0 Å². The molecule has 4 heteroatoms. The molecule has 4 nitrogen and oxygen atoms in total. The van der Waals surface area contributed by atoms with Crippen LogP contribution in [0.4, 0.5) is 11.4 Å². The molecule has 0 spiro atoms. The SMILES string of the molecule is CCOc1cc(N(CCC#N)C2CC2)ccc1N. The molecule has 0 atom stereocenters. The average Bonchev–Trinajstić information content (AvgIpc) is 3.18. The fraction of sp³-hybridized carbons (Fsp3) is 0.500. The molecule has 0 saturated heterocycles. The normalized spacial score (nSPS) is 14.0. The third kappa shape index (κ3) is 2.86. The van der Waals surface area contributed by atoms with Gasteiger partial charge in [0.15, 0.2) is 0 Å². The maximum atomic E-state index is 8.73. The summed E-state index contributed by atoms with van der Waals surface area (Å²) < 4.78 is 5.52. The number of hydrogen-bond donors (Lipinski definition) is 1. The zero-order chi connectivity index (χ0) is 13.0. The van der Waals surface area contributed by atoms with Crippen LogP contribution in [0.15, 0.2) is 18.2 Å². The van der Waals surface area contributed by atoms with Crippen molar-refractivity contribution >= 4 is 11.4 Å². The second-order valence-corrected chi connectivity index (χ2v) is 4.49. The molecule has 1 aromatic rings. The van der Waals surface area contributed by atoms with Crippen LogP contribution in [0.1, 0.15) is 26.2 Å². The summed E-state index contributed by atoms with van der Waals surface area (Å²) >= 11 is 0. The Morgan fingerprint density at radius 1 is 1.50 bits per heavy atom. The molecule has 0 bridgehead atoms. The highest BCUT2D eigenvalue weighted by atomic mass is 16.5. The van der Waals surface area contributed by atoms with E-state index in [2.05, 4.69) is 11.0 Å². The summed E-state index contributed by atoms with van der Waals surface area (Å²) in [5, 5.41) is 8.73. The Morgan fingerprint density at radius 3 is 2.89 bits per heavy atom. The first kappa shape index (κ1) is 12.6. The molecule has 1 aliphatic carbocycles. The zero-order valence-electron chi connectivity index (χ0n) is 10.7. The van der Waals surface area contributed by atoms with E-state index in [-0.39, 0.29) is 0 Å². The number of nitrogens with zero attached hydrogens (tertiary/aromatic N) is 2. The van der Waals surface area contributed by atoms with Crippen molar-refractivity contribution in [3.63, 3.8) is 0 Å². The molecule has 18 heavy (non-hydrogen) atoms. The van der Waals surface area contributed by atoms with Crippen molar-refractivity contribution in [2.45, 2.75) is 32.2 Å². The third-order valence-electron chi connectivity index (χ3n) is 3.08. The number of ether oxygens (including phenoxy) is 1. The van der Waals surface area contributed by atoms with E-state index >= 15 is 0 Å². The predicted octanol–water partition coefficient (Wildman–Crippen LogP) is 2.55. The number of rotatable bonds is 6. The van der Waals surface area contributed by atoms with Crippen molar-refractivity contribution < 1.29 is 4.74 Å². The molecule has 0 radical (unpaired) electrons. The number of nitriles is 1. The maximum absolute atomic E-state index is 8.73. The molecule has 2 rings (SSSR count). The highest BCUT2D eigenvalue weighted by molar-refractivity contribution is 5.63. The molecule has 0 aliphatic heterocycles. The van der Waals surface area contributed by atoms with Crippen LogP contribution in [-0.2, 0) is 0 Å². The van der Waals surface area contributed by atoms with E-state index in [1.54, 1.807) is 0 Å². The van der Waals surface area contributed by atoms with E-state index in [0.717, 1.165) is 18.0 Å². The first-order valence-electron chi connectivity index (χ1n) is 6.42. The smallest absolute Gasteiger partial charge is 0.144 e. The van der Waals surface area contributed by atoms with E-state index in [9.17, 15) is 0 Å². The van der Waals surface area contributed by atoms with E-state index < -0.39 is 0 Å². The van der Waals surface area contributed by atoms with Crippen LogP contribution in [0.5, 0.6) is 5.75 Å². The molecule has 0 heterocycles. The minimum atomic E-state index is 0.546. The van der Waals surface area contributed by atoms with E-state index in [1.165, 1.54) is 12.8 Å². The highest BCUT2D eigenvalue weighted by Gasteiger charge is 2.29. The molecule has 96 valence electrons. The molecule has 0 amide bonds. The molecule has 2 N–H and O–H groups in total. The lowest BCUT2D eigenvalue weighted by Gasteiger charge is -2.24. The Bertz CT molecular complexity index is 449. The highest BCUT2D eigenvalue weighted by Crippen LogP contribution is 2.35. The van der Waals surface area contributed by atoms with Crippen LogP contribution in [0, 0.1) is 11.3 Å². The van der Waals surface area contributed by atoms with Gasteiger partial charge in [0, 0.05) is 24.3 Å². The van der Waals surface area contributed by atoms with Crippen molar-refractivity contribution in [3.05, 3.63) is 18.2 Å². The zero-order valence-corrected chi connectivity index (χ0v) is 10.7. The number of nitrogens with two attached hydrogens (primary N) is 1. The maximum Gasteiger partial charge on any atom is 0.144 e. The van der Waals surface area contributed by atoms with Crippen LogP contribution in [-0.4, -0.2) is 19.2 Å². The molecular weight excluding hydrogens is 226 g/mol. The van der Waals surface area contributed by atoms with E-state index in [1.807, 2.05) is 25.1 Å². The van der Waals surface area contributed by atoms with Gasteiger partial charge in [0.25, 0.3) is 0 Å². The standard InChI is InChI=1S/C14H19N3O/c1-2-18-14-10-12(6-7-13(14)16)17(9-3-8-15)11-4-5-11/h6-7,10-11H,2-5,9,16H2,1H3. The summed E-state index contributed by atoms with van der Waals surface area (Å²) in [7, 11) is 0. The second kappa shape index (κ2) is 5.63. The lowest BCUT2D eigenvalue weighted by atomic mass is 10.2. The quantitative estimate of drug-likeness (QED) is 0.782. The van der Waals surface area contributed by atoms with E-state index in [4.69, 9.17) is 15.7 Å². The second-order valence-electron chi connectivity index (χ2n) is 4.49. The molecule has 1 aliphatic rings. The van der Waals surface area contributed by atoms with Crippen LogP contribution < -0.4 is 15.4 Å². The molecule has 1 saturated carbocycles. The van der Waals surface area contributed by atoms with Crippen molar-refractivity contribution in [2.24, 2.45) is 0 Å². The number of benzene rings is 1. The van der Waals surface area contributed by atoms with Crippen LogP contribution >= 0.6 is 0 Å². The van der Waals surface area contributed by atoms with E-state index in [0.29, 0.717) is 24.8 Å². The molecule has 1 fully saturated rings. The first-order chi connectivity index (χ1) is 8.76. The van der Waals surface area contributed by atoms with Gasteiger partial charge in [0.2, 0.25) is 0 Å². The number of anilines is 2. The lowest BCUT2D eigenvalue weighted by Crippen LogP contribution is -2.26. The van der Waals surface area contributed by atoms with Gasteiger partial charge in [-0.05, 0) is 31.9 Å². The van der Waals surface area contributed by atoms with Crippen molar-refractivity contribution in [3.8, 4) is 11.8 Å². The fourth-order valence-corrected chi connectivity index (χ4v) is 2.06. The fourth-order valence-electron chi connectivity index (χ4n) is 2.06. The van der Waals surface area contributed by atoms with Gasteiger partial charge in [-0.1, -0.05) is 0 Å². The Balaban J connectivity index is 2.19. The van der Waals surface area contributed by atoms with Gasteiger partial charge < -0.3 is 15.4 Å². The van der Waals surface area contributed by atoms with Crippen LogP contribution in [0.2, 0.25) is 0 Å². The topological polar surface area (TPSA) is 62.3 Å². The summed E-state index contributed by atoms with van der Waals surface area (Å²) in [6, 6.07) is 8.65. The Labute approximate surface area is 108 Å². The lowest BCUT2D eigenvalue weighted by molar-refractivity contribution is 0.342. The average molecular weight is 245 g/mol. The Kier molecular flexibility index (Phi) is 3.93. The van der Waals surface area contributed by atoms with Gasteiger partial charge in [-0.3, -0.25) is 0 Å². The van der Waals surface area contributed by atoms with Crippen molar-refractivity contribution in [1.82, 2.24) is 0 Å². The van der Waals surface area contributed by atoms with Gasteiger partial charge in [-0.2, -0.15) is 5.26 Å². The van der Waals surface area contributed by atoms with Gasteiger partial charge in [0.1, 0.15) is 5.75 Å². The van der Waals surface area contributed by atoms with Crippen LogP contribution in [0.25, 0.3) is 0 Å². The van der Waals surface area contributed by atoms with Crippen molar-refractivity contribution in [2.75, 3.05) is 23.8 Å². The van der Waals surface area contributed by atoms with Gasteiger partial charge in [-0.15, -0.1) is 0 Å². The third-order valence-corrected chi connectivity index (χ3v) is 3.08. The summed E-state index contributed by atoms with van der Waals surface area (Å²) in [5.74, 6) is 0.734. The monoisotopic (exact) mass is 245 g/mol. The molecule has 0 unspecified atom stereocenters. The van der Waals surface area contributed by atoms with Gasteiger partial charge in [-0.25, -0.2) is 0 Å². The Hall–Kier alpha value is -1.89. The minimum Gasteiger partial charge on any atom is -0.492 e. The predicted molar refractivity (Wildman–Crippen MR) is 72.6 cm³/mol. The first-order valence-corrected chi connectivity index (χ1v) is 6.42. The minimum absolute atomic E-state index is 0.546. The largest absolute Gasteiger partial charge is 0.492 e. The van der Waals surface area contributed by atoms with Crippen molar-refractivity contribution in [1.29, 1.82) is 5.26 Å². The number of hydrogen-bond acceptors (Lipinski definition) is 4. The molecule has 1 aromatic carbocycles. The summed E-state index contributed by atoms with van der Waals surface area (Å²) in [6.07, 6.45) is 2.96.